The predicted molar refractivity (Wildman–Crippen MR) is 139 cm³/mol. The molecular weight excluding hydrogens is 432 g/mol. The molecule has 0 atom stereocenters. The minimum Gasteiger partial charge on any atom is -0.492 e. The number of nitrogens with zero attached hydrogens (tertiary/aromatic N) is 3. The third-order valence-electron chi connectivity index (χ3n) is 5.70. The van der Waals surface area contributed by atoms with E-state index in [-0.39, 0.29) is 5.71 Å². The fraction of sp³-hybridized carbons (Fsp3) is 0.667. The second-order valence-corrected chi connectivity index (χ2v) is 9.00. The third kappa shape index (κ3) is 15.3. The van der Waals surface area contributed by atoms with Gasteiger partial charge in [-0.25, -0.2) is 0 Å². The molecular formula is C27H41ClN4O. The van der Waals surface area contributed by atoms with Crippen molar-refractivity contribution >= 4 is 23.0 Å². The average molecular weight is 473 g/mol. The second kappa shape index (κ2) is 20.4. The van der Waals surface area contributed by atoms with E-state index in [0.717, 1.165) is 6.42 Å². The van der Waals surface area contributed by atoms with E-state index in [1.807, 2.05) is 0 Å². The molecule has 6 heteroatoms. The van der Waals surface area contributed by atoms with Gasteiger partial charge in [-0.15, -0.1) is 0 Å². The van der Waals surface area contributed by atoms with Crippen molar-refractivity contribution in [1.29, 1.82) is 10.5 Å². The Balaban J connectivity index is 1.97. The van der Waals surface area contributed by atoms with Gasteiger partial charge in [-0.1, -0.05) is 115 Å². The lowest BCUT2D eigenvalue weighted by atomic mass is 10.0. The van der Waals surface area contributed by atoms with Crippen molar-refractivity contribution in [3.05, 3.63) is 23.2 Å². The predicted octanol–water partition coefficient (Wildman–Crippen LogP) is 8.80. The highest BCUT2D eigenvalue weighted by Crippen LogP contribution is 2.28. The smallest absolute Gasteiger partial charge is 0.237 e. The number of nitriles is 2. The molecule has 0 aromatic heterocycles. The van der Waals surface area contributed by atoms with Crippen LogP contribution in [0.2, 0.25) is 5.02 Å². The molecule has 0 aliphatic heterocycles. The number of benzene rings is 1. The number of rotatable bonds is 20. The molecule has 0 spiro atoms. The van der Waals surface area contributed by atoms with Crippen molar-refractivity contribution in [2.45, 2.75) is 110 Å². The number of anilines is 1. The minimum absolute atomic E-state index is 0.241. The van der Waals surface area contributed by atoms with Gasteiger partial charge in [0.15, 0.2) is 0 Å². The summed E-state index contributed by atoms with van der Waals surface area (Å²) >= 11 is 6.25. The second-order valence-electron chi connectivity index (χ2n) is 8.59. The van der Waals surface area contributed by atoms with E-state index in [2.05, 4.69) is 17.5 Å². The summed E-state index contributed by atoms with van der Waals surface area (Å²) in [6.07, 6.45) is 21.6. The zero-order valence-electron chi connectivity index (χ0n) is 20.4. The van der Waals surface area contributed by atoms with E-state index >= 15 is 0 Å². The van der Waals surface area contributed by atoms with Crippen molar-refractivity contribution < 1.29 is 4.74 Å². The Morgan fingerprint density at radius 1 is 0.818 bits per heavy atom. The summed E-state index contributed by atoms with van der Waals surface area (Å²) < 4.78 is 5.78. The Kier molecular flexibility index (Phi) is 17.8. The molecule has 33 heavy (non-hydrogen) atoms. The Morgan fingerprint density at radius 3 is 1.76 bits per heavy atom. The number of halogens is 1. The van der Waals surface area contributed by atoms with Crippen molar-refractivity contribution in [2.24, 2.45) is 5.10 Å². The molecule has 0 aliphatic rings. The minimum atomic E-state index is -0.241. The van der Waals surface area contributed by atoms with Crippen molar-refractivity contribution in [3.8, 4) is 17.9 Å². The first-order valence-electron chi connectivity index (χ1n) is 12.8. The van der Waals surface area contributed by atoms with E-state index in [9.17, 15) is 0 Å². The number of ether oxygens (including phenoxy) is 1. The summed E-state index contributed by atoms with van der Waals surface area (Å²) in [6, 6.07) is 8.57. The highest BCUT2D eigenvalue weighted by molar-refractivity contribution is 6.32. The van der Waals surface area contributed by atoms with Gasteiger partial charge in [0.05, 0.1) is 17.3 Å². The van der Waals surface area contributed by atoms with Crippen LogP contribution in [0, 0.1) is 22.7 Å². The molecule has 182 valence electrons. The van der Waals surface area contributed by atoms with Crippen LogP contribution in [0.3, 0.4) is 0 Å². The van der Waals surface area contributed by atoms with E-state index in [0.29, 0.717) is 23.1 Å². The first-order valence-corrected chi connectivity index (χ1v) is 13.1. The third-order valence-corrected chi connectivity index (χ3v) is 5.99. The zero-order chi connectivity index (χ0) is 24.0. The van der Waals surface area contributed by atoms with E-state index in [1.165, 1.54) is 96.3 Å². The summed E-state index contributed by atoms with van der Waals surface area (Å²) in [7, 11) is 0. The summed E-state index contributed by atoms with van der Waals surface area (Å²) in [5, 5.41) is 21.5. The number of hydrogen-bond acceptors (Lipinski definition) is 5. The molecule has 0 saturated heterocycles. The van der Waals surface area contributed by atoms with Gasteiger partial charge in [0.1, 0.15) is 17.9 Å². The first-order chi connectivity index (χ1) is 16.2. The summed E-state index contributed by atoms with van der Waals surface area (Å²) in [4.78, 5) is 0. The average Bonchev–Trinajstić information content (AvgIpc) is 2.82. The van der Waals surface area contributed by atoms with Crippen LogP contribution in [-0.2, 0) is 0 Å². The molecule has 0 heterocycles. The van der Waals surface area contributed by atoms with Crippen molar-refractivity contribution in [1.82, 2.24) is 0 Å². The van der Waals surface area contributed by atoms with Gasteiger partial charge in [0.2, 0.25) is 5.71 Å². The molecule has 1 aromatic rings. The van der Waals surface area contributed by atoms with Crippen LogP contribution in [0.15, 0.2) is 23.3 Å². The molecule has 0 amide bonds. The fourth-order valence-corrected chi connectivity index (χ4v) is 3.95. The lowest BCUT2D eigenvalue weighted by Crippen LogP contribution is -1.99. The number of unbranched alkanes of at least 4 members (excludes halogenated alkanes) is 15. The van der Waals surface area contributed by atoms with Gasteiger partial charge in [0, 0.05) is 0 Å². The Morgan fingerprint density at radius 2 is 1.30 bits per heavy atom. The largest absolute Gasteiger partial charge is 0.492 e. The van der Waals surface area contributed by atoms with Gasteiger partial charge in [-0.05, 0) is 24.6 Å². The molecule has 0 fully saturated rings. The molecule has 0 radical (unpaired) electrons. The highest BCUT2D eigenvalue weighted by Gasteiger charge is 2.04. The van der Waals surface area contributed by atoms with E-state index in [1.54, 1.807) is 30.3 Å². The molecule has 0 bridgehead atoms. The maximum atomic E-state index is 8.69. The van der Waals surface area contributed by atoms with Gasteiger partial charge >= 0.3 is 0 Å². The molecule has 0 saturated carbocycles. The molecule has 1 aromatic carbocycles. The van der Waals surface area contributed by atoms with Crippen LogP contribution in [-0.4, -0.2) is 12.3 Å². The first kappa shape index (κ1) is 28.8. The number of nitrogens with one attached hydrogen (secondary N) is 1. The zero-order valence-corrected chi connectivity index (χ0v) is 21.1. The van der Waals surface area contributed by atoms with Crippen LogP contribution in [0.4, 0.5) is 5.69 Å². The van der Waals surface area contributed by atoms with Gasteiger partial charge < -0.3 is 4.74 Å². The van der Waals surface area contributed by atoms with Crippen LogP contribution in [0.25, 0.3) is 0 Å². The maximum absolute atomic E-state index is 8.69. The van der Waals surface area contributed by atoms with Gasteiger partial charge in [-0.2, -0.15) is 15.6 Å². The molecule has 1 rings (SSSR count). The standard InChI is InChI=1S/C27H41ClN4O/c1-2-3-4-5-6-7-8-9-10-11-12-13-14-15-16-17-20-33-27-19-18-24(21-26(27)28)31-32-25(22-29)23-30/h18-19,21,31H,2-17,20H2,1H3. The summed E-state index contributed by atoms with van der Waals surface area (Å²) in [6.45, 7) is 2.92. The van der Waals surface area contributed by atoms with Crippen LogP contribution in [0.5, 0.6) is 5.75 Å². The van der Waals surface area contributed by atoms with Gasteiger partial charge in [0.25, 0.3) is 0 Å². The van der Waals surface area contributed by atoms with Crippen LogP contribution in [0.1, 0.15) is 110 Å². The molecule has 5 nitrogen and oxygen atoms in total. The molecule has 0 aliphatic carbocycles. The Hall–Kier alpha value is -2.24. The quantitative estimate of drug-likeness (QED) is 0.117. The lowest BCUT2D eigenvalue weighted by molar-refractivity contribution is 0.304. The van der Waals surface area contributed by atoms with Crippen molar-refractivity contribution in [2.75, 3.05) is 12.0 Å². The SMILES string of the molecule is CCCCCCCCCCCCCCCCCCOc1ccc(NN=C(C#N)C#N)cc1Cl. The van der Waals surface area contributed by atoms with Crippen LogP contribution < -0.4 is 10.2 Å². The summed E-state index contributed by atoms with van der Waals surface area (Å²) in [5.41, 5.74) is 3.00. The van der Waals surface area contributed by atoms with Gasteiger partial charge in [-0.3, -0.25) is 5.43 Å². The molecule has 1 N–H and O–H groups in total. The number of hydrazone groups is 1. The Labute approximate surface area is 206 Å². The van der Waals surface area contributed by atoms with Crippen molar-refractivity contribution in [3.63, 3.8) is 0 Å². The topological polar surface area (TPSA) is 81.2 Å². The lowest BCUT2D eigenvalue weighted by Gasteiger charge is -2.09. The monoisotopic (exact) mass is 472 g/mol. The maximum Gasteiger partial charge on any atom is 0.237 e. The highest BCUT2D eigenvalue weighted by atomic mass is 35.5. The Bertz CT molecular complexity index is 735. The number of hydrogen-bond donors (Lipinski definition) is 1. The fourth-order valence-electron chi connectivity index (χ4n) is 3.72. The molecule has 0 unspecified atom stereocenters. The van der Waals surface area contributed by atoms with E-state index < -0.39 is 0 Å². The summed E-state index contributed by atoms with van der Waals surface area (Å²) in [5.74, 6) is 0.632. The normalized spacial score (nSPS) is 10.3. The van der Waals surface area contributed by atoms with E-state index in [4.69, 9.17) is 26.9 Å². The van der Waals surface area contributed by atoms with Crippen LogP contribution >= 0.6 is 11.6 Å².